The molecule has 0 saturated heterocycles. The van der Waals surface area contributed by atoms with Gasteiger partial charge >= 0.3 is 11.9 Å². The summed E-state index contributed by atoms with van der Waals surface area (Å²) in [5.41, 5.74) is 10.6. The van der Waals surface area contributed by atoms with Crippen molar-refractivity contribution >= 4 is 36.8 Å². The number of hydrogen-bond donors (Lipinski definition) is 5. The average Bonchev–Trinajstić information content (AvgIpc) is 2.76. The highest BCUT2D eigenvalue weighted by Gasteiger charge is 2.32. The summed E-state index contributed by atoms with van der Waals surface area (Å²) in [5.74, 6) is -1.26. The second-order valence-corrected chi connectivity index (χ2v) is 9.30. The maximum absolute atomic E-state index is 13.5. The number of nitrogens with zero attached hydrogens (tertiary/aromatic N) is 2. The first-order chi connectivity index (χ1) is 16.0. The van der Waals surface area contributed by atoms with Gasteiger partial charge in [0.1, 0.15) is 24.1 Å². The molecule has 1 heterocycles. The second-order valence-electron chi connectivity index (χ2n) is 7.05. The fourth-order valence-corrected chi connectivity index (χ4v) is 4.80. The molecule has 2 atom stereocenters. The minimum Gasteiger partial charge on any atom is -0.465 e. The monoisotopic (exact) mass is 503 g/mol. The zero-order valence-electron chi connectivity index (χ0n) is 19.8. The van der Waals surface area contributed by atoms with Gasteiger partial charge in [0.15, 0.2) is 5.82 Å². The molecule has 1 aromatic heterocycles. The number of nitrogens with one attached hydrogen (secondary N) is 3. The van der Waals surface area contributed by atoms with Crippen molar-refractivity contribution in [1.29, 1.82) is 0 Å². The van der Waals surface area contributed by atoms with Crippen molar-refractivity contribution in [2.75, 3.05) is 49.1 Å². The summed E-state index contributed by atoms with van der Waals surface area (Å²) in [6.45, 7) is 10.3. The zero-order chi connectivity index (χ0) is 25.9. The number of rotatable bonds is 15. The fraction of sp³-hybridized carbons (Fsp3) is 0.579. The van der Waals surface area contributed by atoms with Crippen molar-refractivity contribution in [3.05, 3.63) is 23.1 Å². The summed E-state index contributed by atoms with van der Waals surface area (Å²) in [7, 11) is -3.64. The summed E-state index contributed by atoms with van der Waals surface area (Å²) in [6.07, 6.45) is 0.995. The predicted molar refractivity (Wildman–Crippen MR) is 128 cm³/mol. The highest BCUT2D eigenvalue weighted by Crippen LogP contribution is 2.37. The van der Waals surface area contributed by atoms with Crippen molar-refractivity contribution in [3.63, 3.8) is 0 Å². The average molecular weight is 503 g/mol. The zero-order valence-corrected chi connectivity index (χ0v) is 20.7. The molecule has 7 N–H and O–H groups in total. The lowest BCUT2D eigenvalue weighted by Gasteiger charge is -2.26. The Morgan fingerprint density at radius 2 is 1.71 bits per heavy atom. The molecule has 1 aromatic rings. The van der Waals surface area contributed by atoms with Gasteiger partial charge in [0.05, 0.1) is 19.8 Å². The third-order valence-electron chi connectivity index (χ3n) is 4.28. The van der Waals surface area contributed by atoms with Gasteiger partial charge in [-0.15, -0.1) is 0 Å². The van der Waals surface area contributed by atoms with Crippen LogP contribution in [0.1, 0.15) is 27.7 Å². The topological polar surface area (TPSA) is 204 Å². The fourth-order valence-electron chi connectivity index (χ4n) is 2.72. The third kappa shape index (κ3) is 8.78. The molecule has 0 radical (unpaired) electrons. The Morgan fingerprint density at radius 1 is 1.18 bits per heavy atom. The van der Waals surface area contributed by atoms with Crippen LogP contribution in [0.5, 0.6) is 0 Å². The molecule has 0 amide bonds. The molecule has 0 bridgehead atoms. The summed E-state index contributed by atoms with van der Waals surface area (Å²) in [4.78, 5) is 43.6. The quantitative estimate of drug-likeness (QED) is 0.123. The van der Waals surface area contributed by atoms with Crippen LogP contribution in [0.25, 0.3) is 0 Å². The molecule has 0 aliphatic rings. The van der Waals surface area contributed by atoms with Gasteiger partial charge in [-0.1, -0.05) is 6.58 Å². The molecule has 0 spiro atoms. The van der Waals surface area contributed by atoms with E-state index in [2.05, 4.69) is 26.7 Å². The van der Waals surface area contributed by atoms with Gasteiger partial charge in [-0.05, 0) is 33.9 Å². The Labute approximate surface area is 197 Å². The highest BCUT2D eigenvalue weighted by atomic mass is 31.2. The predicted octanol–water partition coefficient (Wildman–Crippen LogP) is 0.134. The number of esters is 2. The van der Waals surface area contributed by atoms with Crippen LogP contribution in [0, 0.1) is 0 Å². The van der Waals surface area contributed by atoms with E-state index < -0.39 is 37.0 Å². The van der Waals surface area contributed by atoms with E-state index >= 15 is 0 Å². The summed E-state index contributed by atoms with van der Waals surface area (Å²) >= 11 is 0. The number of ether oxygens (including phenoxy) is 3. The number of anilines is 3. The minimum atomic E-state index is -3.64. The first-order valence-electron chi connectivity index (χ1n) is 10.6. The van der Waals surface area contributed by atoms with E-state index in [4.69, 9.17) is 25.7 Å². The van der Waals surface area contributed by atoms with Crippen LogP contribution in [0.2, 0.25) is 0 Å². The molecular formula is C19H34N7O7P. The Morgan fingerprint density at radius 3 is 2.18 bits per heavy atom. The number of hydrogen-bond acceptors (Lipinski definition) is 11. The number of nitrogens with two attached hydrogens (primary N) is 2. The van der Waals surface area contributed by atoms with Crippen molar-refractivity contribution in [3.8, 4) is 0 Å². The van der Waals surface area contributed by atoms with E-state index in [9.17, 15) is 18.9 Å². The van der Waals surface area contributed by atoms with Gasteiger partial charge in [-0.25, -0.2) is 10.2 Å². The first-order valence-corrected chi connectivity index (χ1v) is 12.5. The lowest BCUT2D eigenvalue weighted by atomic mass is 10.4. The van der Waals surface area contributed by atoms with E-state index in [1.807, 2.05) is 0 Å². The van der Waals surface area contributed by atoms with Crippen LogP contribution < -0.4 is 32.1 Å². The largest absolute Gasteiger partial charge is 0.465 e. The molecule has 0 unspecified atom stereocenters. The van der Waals surface area contributed by atoms with Crippen LogP contribution >= 0.6 is 7.44 Å². The molecular weight excluding hydrogens is 469 g/mol. The van der Waals surface area contributed by atoms with Crippen LogP contribution in [-0.2, 0) is 28.4 Å². The number of nitrogen functional groups attached to an aromatic ring is 2. The van der Waals surface area contributed by atoms with E-state index in [1.54, 1.807) is 13.8 Å². The third-order valence-corrected chi connectivity index (χ3v) is 6.44. The molecule has 0 aromatic carbocycles. The number of H-pyrrole nitrogens is 1. The molecule has 0 fully saturated rings. The maximum Gasteiger partial charge on any atom is 0.323 e. The summed E-state index contributed by atoms with van der Waals surface area (Å²) in [5, 5.41) is 5.35. The molecule has 0 aliphatic heterocycles. The van der Waals surface area contributed by atoms with Gasteiger partial charge in [-0.2, -0.15) is 4.98 Å². The summed E-state index contributed by atoms with van der Waals surface area (Å²) < 4.78 is 28.9. The standard InChI is InChI=1S/C19H34N7O7P/c1-6-26(15-14(20)16(27)23-19(21)22-15)9-10-31-11-34(30,24-12(4)17(28)32-7-2)25-13(5)18(29)33-8-3/h6,12-13H,1,7-11,20H2,2-5H3,(H2,24,25,30)(H3,21,22,23,27)/t12-,13-/m0/s1. The van der Waals surface area contributed by atoms with Crippen LogP contribution in [-0.4, -0.2) is 66.7 Å². The molecule has 192 valence electrons. The van der Waals surface area contributed by atoms with E-state index in [1.165, 1.54) is 24.9 Å². The molecule has 14 nitrogen and oxygen atoms in total. The number of aromatic nitrogens is 2. The van der Waals surface area contributed by atoms with Gasteiger partial charge in [-0.3, -0.25) is 23.9 Å². The van der Waals surface area contributed by atoms with Crippen molar-refractivity contribution < 1.29 is 28.4 Å². The Kier molecular flexibility index (Phi) is 11.7. The molecule has 0 saturated carbocycles. The van der Waals surface area contributed by atoms with Gasteiger partial charge in [0, 0.05) is 6.54 Å². The maximum atomic E-state index is 13.5. The molecule has 15 heteroatoms. The molecule has 1 rings (SSSR count). The molecule has 34 heavy (non-hydrogen) atoms. The van der Waals surface area contributed by atoms with E-state index in [0.29, 0.717) is 0 Å². The lowest BCUT2D eigenvalue weighted by molar-refractivity contribution is -0.145. The van der Waals surface area contributed by atoms with Crippen molar-refractivity contribution in [2.45, 2.75) is 39.8 Å². The van der Waals surface area contributed by atoms with E-state index in [-0.39, 0.29) is 50.2 Å². The van der Waals surface area contributed by atoms with Crippen LogP contribution in [0.4, 0.5) is 17.5 Å². The number of aromatic amines is 1. The lowest BCUT2D eigenvalue weighted by Crippen LogP contribution is -2.43. The van der Waals surface area contributed by atoms with Gasteiger partial charge in [0.2, 0.25) is 13.4 Å². The Bertz CT molecular complexity index is 925. The molecule has 0 aliphatic carbocycles. The second kappa shape index (κ2) is 13.7. The minimum absolute atomic E-state index is 0.00519. The summed E-state index contributed by atoms with van der Waals surface area (Å²) in [6, 6.07) is -1.88. The van der Waals surface area contributed by atoms with Crippen molar-refractivity contribution in [2.24, 2.45) is 0 Å². The first kappa shape index (κ1) is 29.1. The highest BCUT2D eigenvalue weighted by molar-refractivity contribution is 7.59. The Balaban J connectivity index is 2.89. The van der Waals surface area contributed by atoms with Crippen LogP contribution in [0.3, 0.4) is 0 Å². The smallest absolute Gasteiger partial charge is 0.323 e. The van der Waals surface area contributed by atoms with E-state index in [0.717, 1.165) is 0 Å². The van der Waals surface area contributed by atoms with Gasteiger partial charge < -0.3 is 30.6 Å². The number of carbonyl (C=O) groups is 2. The SMILES string of the molecule is C=CN(CCOCP(=O)(N[C@@H](C)C(=O)OCC)N[C@@H](C)C(=O)OCC)c1nc(N)[nH]c(=O)c1N. The van der Waals surface area contributed by atoms with Gasteiger partial charge in [0.25, 0.3) is 5.56 Å². The normalized spacial score (nSPS) is 13.1. The number of carbonyl (C=O) groups excluding carboxylic acids is 2. The van der Waals surface area contributed by atoms with Crippen molar-refractivity contribution in [1.82, 2.24) is 20.1 Å². The Hall–Kier alpha value is -2.93. The van der Waals surface area contributed by atoms with Crippen LogP contribution in [0.15, 0.2) is 17.6 Å².